The number of hydrogen-bond acceptors (Lipinski definition) is 6. The average Bonchev–Trinajstić information content (AvgIpc) is 2.88. The minimum absolute atomic E-state index is 0.0993. The molecule has 0 aliphatic heterocycles. The lowest BCUT2D eigenvalue weighted by molar-refractivity contribution is -0.384. The topological polar surface area (TPSA) is 108 Å². The van der Waals surface area contributed by atoms with E-state index in [1.54, 1.807) is 62.5 Å². The summed E-state index contributed by atoms with van der Waals surface area (Å²) in [6.45, 7) is 4.20. The van der Waals surface area contributed by atoms with Gasteiger partial charge >= 0.3 is 0 Å². The van der Waals surface area contributed by atoms with Crippen molar-refractivity contribution in [1.82, 2.24) is 14.5 Å². The Hall–Kier alpha value is -4.53. The Balaban J connectivity index is 1.79. The van der Waals surface area contributed by atoms with Crippen LogP contribution in [0, 0.1) is 10.1 Å². The maximum absolute atomic E-state index is 13.6. The van der Waals surface area contributed by atoms with Crippen molar-refractivity contribution in [3.63, 3.8) is 0 Å². The normalized spacial score (nSPS) is 11.7. The number of hydrogen-bond donors (Lipinski definition) is 0. The third-order valence-electron chi connectivity index (χ3n) is 5.81. The summed E-state index contributed by atoms with van der Waals surface area (Å²) in [5.41, 5.74) is 1.06. The number of nitrogens with zero attached hydrogens (tertiary/aromatic N) is 4. The van der Waals surface area contributed by atoms with E-state index < -0.39 is 11.0 Å². The van der Waals surface area contributed by atoms with Gasteiger partial charge in [-0.15, -0.1) is 0 Å². The van der Waals surface area contributed by atoms with Gasteiger partial charge in [0, 0.05) is 24.7 Å². The van der Waals surface area contributed by atoms with Crippen molar-refractivity contribution >= 4 is 22.5 Å². The van der Waals surface area contributed by atoms with Gasteiger partial charge in [-0.25, -0.2) is 4.98 Å². The molecular weight excluding hydrogens is 448 g/mol. The second-order valence-electron chi connectivity index (χ2n) is 7.95. The molecule has 0 spiro atoms. The molecule has 0 aliphatic rings. The smallest absolute Gasteiger partial charge is 0.269 e. The summed E-state index contributed by atoms with van der Waals surface area (Å²) in [4.78, 5) is 43.4. The van der Waals surface area contributed by atoms with Gasteiger partial charge in [-0.1, -0.05) is 12.1 Å². The summed E-state index contributed by atoms with van der Waals surface area (Å²) >= 11 is 0. The summed E-state index contributed by atoms with van der Waals surface area (Å²) in [6.07, 6.45) is 0. The first-order valence-electron chi connectivity index (χ1n) is 11.1. The highest BCUT2D eigenvalue weighted by molar-refractivity contribution is 5.94. The first kappa shape index (κ1) is 23.6. The SMILES string of the molecule is CCOc1ccc(-n2c(C(C)N(C)C(=O)c3ccc([N+](=O)[O-])cc3)nc3ccccc3c2=O)cc1. The molecule has 0 N–H and O–H groups in total. The lowest BCUT2D eigenvalue weighted by atomic mass is 10.1. The molecule has 0 saturated carbocycles. The molecule has 35 heavy (non-hydrogen) atoms. The number of carbonyl (C=O) groups excluding carboxylic acids is 1. The number of fused-ring (bicyclic) bond motifs is 1. The number of nitro groups is 1. The van der Waals surface area contributed by atoms with Crippen LogP contribution in [0.3, 0.4) is 0 Å². The Morgan fingerprint density at radius 1 is 1.09 bits per heavy atom. The van der Waals surface area contributed by atoms with Crippen molar-refractivity contribution < 1.29 is 14.5 Å². The molecule has 1 amide bonds. The number of rotatable bonds is 7. The number of non-ortho nitro benzene ring substituents is 1. The van der Waals surface area contributed by atoms with Gasteiger partial charge in [-0.2, -0.15) is 0 Å². The van der Waals surface area contributed by atoms with Crippen LogP contribution in [0.4, 0.5) is 5.69 Å². The first-order valence-corrected chi connectivity index (χ1v) is 11.1. The molecule has 1 aromatic heterocycles. The van der Waals surface area contributed by atoms with Gasteiger partial charge in [-0.05, 0) is 62.4 Å². The molecule has 3 aromatic carbocycles. The fourth-order valence-electron chi connectivity index (χ4n) is 3.82. The Labute approximate surface area is 201 Å². The number of benzene rings is 3. The van der Waals surface area contributed by atoms with Gasteiger partial charge in [0.25, 0.3) is 17.2 Å². The van der Waals surface area contributed by atoms with Crippen molar-refractivity contribution in [2.75, 3.05) is 13.7 Å². The summed E-state index contributed by atoms with van der Waals surface area (Å²) in [5, 5.41) is 11.4. The molecule has 4 aromatic rings. The average molecular weight is 473 g/mol. The number of carbonyl (C=O) groups is 1. The molecule has 1 heterocycles. The van der Waals surface area contributed by atoms with Gasteiger partial charge in [-0.3, -0.25) is 24.3 Å². The Morgan fingerprint density at radius 2 is 1.74 bits per heavy atom. The van der Waals surface area contributed by atoms with Gasteiger partial charge in [0.1, 0.15) is 11.6 Å². The molecule has 1 atom stereocenters. The fraction of sp³-hybridized carbons (Fsp3) is 0.192. The molecule has 0 fully saturated rings. The highest BCUT2D eigenvalue weighted by Crippen LogP contribution is 2.25. The maximum atomic E-state index is 13.6. The third-order valence-corrected chi connectivity index (χ3v) is 5.81. The zero-order valence-electron chi connectivity index (χ0n) is 19.5. The van der Waals surface area contributed by atoms with E-state index in [2.05, 4.69) is 0 Å². The van der Waals surface area contributed by atoms with Crippen LogP contribution in [-0.2, 0) is 0 Å². The summed E-state index contributed by atoms with van der Waals surface area (Å²) < 4.78 is 7.02. The van der Waals surface area contributed by atoms with Crippen LogP contribution in [0.15, 0.2) is 77.6 Å². The second kappa shape index (κ2) is 9.76. The molecule has 9 heteroatoms. The zero-order chi connectivity index (χ0) is 25.1. The van der Waals surface area contributed by atoms with Gasteiger partial charge < -0.3 is 9.64 Å². The maximum Gasteiger partial charge on any atom is 0.269 e. The highest BCUT2D eigenvalue weighted by atomic mass is 16.6. The van der Waals surface area contributed by atoms with E-state index in [-0.39, 0.29) is 17.2 Å². The third kappa shape index (κ3) is 4.61. The number of nitro benzene ring substituents is 1. The van der Waals surface area contributed by atoms with E-state index >= 15 is 0 Å². The van der Waals surface area contributed by atoms with Gasteiger partial charge in [0.15, 0.2) is 0 Å². The summed E-state index contributed by atoms with van der Waals surface area (Å²) in [6, 6.07) is 19.0. The standard InChI is InChI=1S/C26H24N4O5/c1-4-35-21-15-13-19(14-16-21)29-24(27-23-8-6-5-7-22(23)26(29)32)17(2)28(3)25(31)18-9-11-20(12-10-18)30(33)34/h5-17H,4H2,1-3H3. The minimum atomic E-state index is -0.596. The molecule has 9 nitrogen and oxygen atoms in total. The Bertz CT molecular complexity index is 1450. The fourth-order valence-corrected chi connectivity index (χ4v) is 3.82. The quantitative estimate of drug-likeness (QED) is 0.289. The molecule has 0 saturated heterocycles. The van der Waals surface area contributed by atoms with E-state index in [0.29, 0.717) is 40.3 Å². The largest absolute Gasteiger partial charge is 0.494 e. The lowest BCUT2D eigenvalue weighted by Crippen LogP contribution is -2.34. The number of aromatic nitrogens is 2. The van der Waals surface area contributed by atoms with E-state index in [1.807, 2.05) is 6.92 Å². The van der Waals surface area contributed by atoms with Crippen LogP contribution in [-0.4, -0.2) is 38.9 Å². The van der Waals surface area contributed by atoms with Crippen molar-refractivity contribution in [2.45, 2.75) is 19.9 Å². The van der Waals surface area contributed by atoms with Gasteiger partial charge in [0.05, 0.1) is 34.2 Å². The minimum Gasteiger partial charge on any atom is -0.494 e. The predicted molar refractivity (Wildman–Crippen MR) is 132 cm³/mol. The van der Waals surface area contributed by atoms with Crippen LogP contribution in [0.25, 0.3) is 16.6 Å². The van der Waals surface area contributed by atoms with Crippen LogP contribution in [0.2, 0.25) is 0 Å². The molecule has 0 bridgehead atoms. The predicted octanol–water partition coefficient (Wildman–Crippen LogP) is 4.53. The number of ether oxygens (including phenoxy) is 1. The van der Waals surface area contributed by atoms with Crippen LogP contribution in [0.1, 0.15) is 36.1 Å². The first-order chi connectivity index (χ1) is 16.8. The van der Waals surface area contributed by atoms with Crippen LogP contribution >= 0.6 is 0 Å². The highest BCUT2D eigenvalue weighted by Gasteiger charge is 2.25. The molecule has 4 rings (SSSR count). The summed E-state index contributed by atoms with van der Waals surface area (Å²) in [5.74, 6) is 0.710. The summed E-state index contributed by atoms with van der Waals surface area (Å²) in [7, 11) is 1.61. The van der Waals surface area contributed by atoms with E-state index in [4.69, 9.17) is 9.72 Å². The monoisotopic (exact) mass is 472 g/mol. The van der Waals surface area contributed by atoms with E-state index in [1.165, 1.54) is 33.7 Å². The number of para-hydroxylation sites is 1. The molecule has 178 valence electrons. The second-order valence-corrected chi connectivity index (χ2v) is 7.95. The van der Waals surface area contributed by atoms with E-state index in [0.717, 1.165) is 0 Å². The molecule has 0 aliphatic carbocycles. The number of amides is 1. The van der Waals surface area contributed by atoms with Crippen LogP contribution in [0.5, 0.6) is 5.75 Å². The molecule has 1 unspecified atom stereocenters. The van der Waals surface area contributed by atoms with Crippen molar-refractivity contribution in [2.24, 2.45) is 0 Å². The zero-order valence-corrected chi connectivity index (χ0v) is 19.5. The van der Waals surface area contributed by atoms with Crippen molar-refractivity contribution in [3.05, 3.63) is 105 Å². The van der Waals surface area contributed by atoms with Crippen LogP contribution < -0.4 is 10.3 Å². The van der Waals surface area contributed by atoms with E-state index in [9.17, 15) is 19.7 Å². The Morgan fingerprint density at radius 3 is 2.37 bits per heavy atom. The molecule has 0 radical (unpaired) electrons. The Kier molecular flexibility index (Phi) is 6.59. The van der Waals surface area contributed by atoms with Crippen molar-refractivity contribution in [1.29, 1.82) is 0 Å². The lowest BCUT2D eigenvalue weighted by Gasteiger charge is -2.27. The molecular formula is C26H24N4O5. The van der Waals surface area contributed by atoms with Gasteiger partial charge in [0.2, 0.25) is 0 Å². The van der Waals surface area contributed by atoms with Crippen molar-refractivity contribution in [3.8, 4) is 11.4 Å².